The smallest absolute Gasteiger partial charge is 0.337 e. The van der Waals surface area contributed by atoms with Crippen LogP contribution in [-0.4, -0.2) is 23.2 Å². The normalized spacial score (nSPS) is 9.94. The molecular formula is C13H11NO3. The summed E-state index contributed by atoms with van der Waals surface area (Å²) in [6.07, 6.45) is 2.92. The topological polar surface area (TPSA) is 59.4 Å². The number of benzene rings is 1. The summed E-state index contributed by atoms with van der Waals surface area (Å²) in [7, 11) is 1.57. The molecule has 0 amide bonds. The van der Waals surface area contributed by atoms with Crippen molar-refractivity contribution in [3.8, 4) is 16.9 Å². The number of carbonyl (C=O) groups is 1. The molecule has 0 saturated carbocycles. The highest BCUT2D eigenvalue weighted by molar-refractivity contribution is 5.95. The lowest BCUT2D eigenvalue weighted by molar-refractivity contribution is 0.0697. The quantitative estimate of drug-likeness (QED) is 0.878. The molecule has 0 aliphatic carbocycles. The van der Waals surface area contributed by atoms with Gasteiger partial charge in [-0.15, -0.1) is 0 Å². The van der Waals surface area contributed by atoms with Gasteiger partial charge in [0.1, 0.15) is 5.75 Å². The second kappa shape index (κ2) is 4.65. The largest absolute Gasteiger partial charge is 0.497 e. The molecule has 0 atom stereocenters. The van der Waals surface area contributed by atoms with Crippen LogP contribution >= 0.6 is 0 Å². The summed E-state index contributed by atoms with van der Waals surface area (Å²) in [5, 5.41) is 9.08. The van der Waals surface area contributed by atoms with Crippen LogP contribution in [0.15, 0.2) is 42.7 Å². The molecule has 1 N–H and O–H groups in total. The highest BCUT2D eigenvalue weighted by Crippen LogP contribution is 2.26. The van der Waals surface area contributed by atoms with Gasteiger partial charge in [-0.05, 0) is 29.3 Å². The minimum absolute atomic E-state index is 0.181. The highest BCUT2D eigenvalue weighted by Gasteiger charge is 2.11. The van der Waals surface area contributed by atoms with Crippen LogP contribution in [0.3, 0.4) is 0 Å². The van der Waals surface area contributed by atoms with E-state index in [0.29, 0.717) is 11.3 Å². The van der Waals surface area contributed by atoms with Crippen LogP contribution in [0.1, 0.15) is 10.4 Å². The minimum Gasteiger partial charge on any atom is -0.497 e. The van der Waals surface area contributed by atoms with Gasteiger partial charge in [0, 0.05) is 12.4 Å². The lowest BCUT2D eigenvalue weighted by Gasteiger charge is -2.07. The van der Waals surface area contributed by atoms with E-state index in [0.717, 1.165) is 5.56 Å². The highest BCUT2D eigenvalue weighted by atomic mass is 16.5. The molecule has 0 saturated heterocycles. The second-order valence-corrected chi connectivity index (χ2v) is 3.46. The number of nitrogens with zero attached hydrogens (tertiary/aromatic N) is 1. The van der Waals surface area contributed by atoms with E-state index >= 15 is 0 Å². The molecule has 0 radical (unpaired) electrons. The van der Waals surface area contributed by atoms with Crippen molar-refractivity contribution in [3.63, 3.8) is 0 Å². The van der Waals surface area contributed by atoms with Crippen molar-refractivity contribution in [3.05, 3.63) is 48.3 Å². The van der Waals surface area contributed by atoms with Crippen LogP contribution in [0.25, 0.3) is 11.1 Å². The molecule has 1 heterocycles. The van der Waals surface area contributed by atoms with Gasteiger partial charge in [-0.1, -0.05) is 12.1 Å². The molecule has 0 bridgehead atoms. The third-order valence-electron chi connectivity index (χ3n) is 2.43. The first kappa shape index (κ1) is 11.1. The number of carboxylic acid groups (broad SMARTS) is 1. The van der Waals surface area contributed by atoms with Crippen molar-refractivity contribution in [1.82, 2.24) is 4.98 Å². The van der Waals surface area contributed by atoms with Crippen molar-refractivity contribution in [1.29, 1.82) is 0 Å². The molecule has 0 spiro atoms. The van der Waals surface area contributed by atoms with E-state index in [1.165, 1.54) is 6.20 Å². The zero-order chi connectivity index (χ0) is 12.3. The Kier molecular flexibility index (Phi) is 3.05. The number of aromatic nitrogens is 1. The first-order chi connectivity index (χ1) is 8.22. The predicted molar refractivity (Wildman–Crippen MR) is 63.2 cm³/mol. The number of carboxylic acids is 1. The zero-order valence-corrected chi connectivity index (χ0v) is 9.25. The maximum Gasteiger partial charge on any atom is 0.337 e. The van der Waals surface area contributed by atoms with Crippen molar-refractivity contribution >= 4 is 5.97 Å². The predicted octanol–water partition coefficient (Wildman–Crippen LogP) is 2.46. The van der Waals surface area contributed by atoms with Gasteiger partial charge in [0.05, 0.1) is 12.7 Å². The van der Waals surface area contributed by atoms with Crippen LogP contribution in [0.2, 0.25) is 0 Å². The number of aromatic carboxylic acids is 1. The minimum atomic E-state index is -0.990. The Labute approximate surface area is 98.5 Å². The van der Waals surface area contributed by atoms with Crippen molar-refractivity contribution < 1.29 is 14.6 Å². The third-order valence-corrected chi connectivity index (χ3v) is 2.43. The van der Waals surface area contributed by atoms with Gasteiger partial charge in [-0.2, -0.15) is 0 Å². The average Bonchev–Trinajstić information content (AvgIpc) is 2.39. The third kappa shape index (κ3) is 2.25. The van der Waals surface area contributed by atoms with Gasteiger partial charge < -0.3 is 9.84 Å². The number of pyridine rings is 1. The van der Waals surface area contributed by atoms with Gasteiger partial charge in [0.15, 0.2) is 0 Å². The molecule has 0 aliphatic heterocycles. The number of methoxy groups -OCH3 is 1. The first-order valence-electron chi connectivity index (χ1n) is 5.04. The van der Waals surface area contributed by atoms with E-state index in [2.05, 4.69) is 4.98 Å². The standard InChI is InChI=1S/C13H11NO3/c1-17-10-4-2-3-9(7-10)11-5-6-14-8-12(11)13(15)16/h2-8H,1H3,(H,15,16). The molecule has 17 heavy (non-hydrogen) atoms. The molecule has 0 fully saturated rings. The summed E-state index contributed by atoms with van der Waals surface area (Å²) < 4.78 is 5.11. The molecule has 0 unspecified atom stereocenters. The molecule has 1 aromatic heterocycles. The van der Waals surface area contributed by atoms with E-state index in [1.807, 2.05) is 18.2 Å². The Morgan fingerprint density at radius 3 is 2.88 bits per heavy atom. The Balaban J connectivity index is 2.56. The summed E-state index contributed by atoms with van der Waals surface area (Å²) in [5.41, 5.74) is 1.61. The molecule has 4 nitrogen and oxygen atoms in total. The van der Waals surface area contributed by atoms with Gasteiger partial charge in [-0.25, -0.2) is 4.79 Å². The molecule has 2 aromatic rings. The monoisotopic (exact) mass is 229 g/mol. The maximum atomic E-state index is 11.1. The number of rotatable bonds is 3. The Morgan fingerprint density at radius 2 is 2.18 bits per heavy atom. The van der Waals surface area contributed by atoms with E-state index in [4.69, 9.17) is 9.84 Å². The van der Waals surface area contributed by atoms with Gasteiger partial charge in [0.2, 0.25) is 0 Å². The molecule has 2 rings (SSSR count). The Morgan fingerprint density at radius 1 is 1.35 bits per heavy atom. The van der Waals surface area contributed by atoms with Crippen molar-refractivity contribution in [2.45, 2.75) is 0 Å². The summed E-state index contributed by atoms with van der Waals surface area (Å²) >= 11 is 0. The fourth-order valence-electron chi connectivity index (χ4n) is 1.61. The zero-order valence-electron chi connectivity index (χ0n) is 9.25. The summed E-state index contributed by atoms with van der Waals surface area (Å²) in [4.78, 5) is 14.9. The summed E-state index contributed by atoms with van der Waals surface area (Å²) in [6, 6.07) is 8.94. The Hall–Kier alpha value is -2.36. The molecule has 86 valence electrons. The summed E-state index contributed by atoms with van der Waals surface area (Å²) in [6.45, 7) is 0. The van der Waals surface area contributed by atoms with E-state index < -0.39 is 5.97 Å². The van der Waals surface area contributed by atoms with Crippen LogP contribution < -0.4 is 4.74 Å². The maximum absolute atomic E-state index is 11.1. The van der Waals surface area contributed by atoms with E-state index in [9.17, 15) is 4.79 Å². The molecule has 0 aliphatic rings. The lowest BCUT2D eigenvalue weighted by Crippen LogP contribution is -2.00. The van der Waals surface area contributed by atoms with Crippen molar-refractivity contribution in [2.24, 2.45) is 0 Å². The van der Waals surface area contributed by atoms with Crippen LogP contribution in [0.5, 0.6) is 5.75 Å². The average molecular weight is 229 g/mol. The lowest BCUT2D eigenvalue weighted by atomic mass is 10.0. The summed E-state index contributed by atoms with van der Waals surface area (Å²) in [5.74, 6) is -0.299. The number of ether oxygens (including phenoxy) is 1. The second-order valence-electron chi connectivity index (χ2n) is 3.46. The fourth-order valence-corrected chi connectivity index (χ4v) is 1.61. The molecule has 1 aromatic carbocycles. The SMILES string of the molecule is COc1cccc(-c2ccncc2C(=O)O)c1. The first-order valence-corrected chi connectivity index (χ1v) is 5.04. The van der Waals surface area contributed by atoms with Crippen LogP contribution in [-0.2, 0) is 0 Å². The molecular weight excluding hydrogens is 218 g/mol. The van der Waals surface area contributed by atoms with Crippen LogP contribution in [0, 0.1) is 0 Å². The Bertz CT molecular complexity index is 552. The molecule has 4 heteroatoms. The van der Waals surface area contributed by atoms with Gasteiger partial charge in [0.25, 0.3) is 0 Å². The van der Waals surface area contributed by atoms with E-state index in [-0.39, 0.29) is 5.56 Å². The van der Waals surface area contributed by atoms with Crippen molar-refractivity contribution in [2.75, 3.05) is 7.11 Å². The van der Waals surface area contributed by atoms with E-state index in [1.54, 1.807) is 25.4 Å². The number of hydrogen-bond acceptors (Lipinski definition) is 3. The van der Waals surface area contributed by atoms with Gasteiger partial charge >= 0.3 is 5.97 Å². The van der Waals surface area contributed by atoms with Gasteiger partial charge in [-0.3, -0.25) is 4.98 Å². The number of hydrogen-bond donors (Lipinski definition) is 1. The fraction of sp³-hybridized carbons (Fsp3) is 0.0769. The van der Waals surface area contributed by atoms with Crippen LogP contribution in [0.4, 0.5) is 0 Å².